The summed E-state index contributed by atoms with van der Waals surface area (Å²) in [6.45, 7) is 3.71. The molecule has 2 aromatic rings. The number of piperidine rings is 1. The monoisotopic (exact) mass is 418 g/mol. The van der Waals surface area contributed by atoms with E-state index in [9.17, 15) is 14.7 Å². The third kappa shape index (κ3) is 4.02. The number of hydrogen-bond donors (Lipinski definition) is 1. The van der Waals surface area contributed by atoms with Crippen molar-refractivity contribution in [2.24, 2.45) is 5.10 Å². The summed E-state index contributed by atoms with van der Waals surface area (Å²) in [5.74, 6) is -0.558. The van der Waals surface area contributed by atoms with Crippen molar-refractivity contribution >= 4 is 23.9 Å². The van der Waals surface area contributed by atoms with Crippen LogP contribution in [0.4, 0.5) is 10.5 Å². The summed E-state index contributed by atoms with van der Waals surface area (Å²) in [6.07, 6.45) is 1.21. The third-order valence-corrected chi connectivity index (χ3v) is 6.09. The highest BCUT2D eigenvalue weighted by Crippen LogP contribution is 2.37. The predicted molar refractivity (Wildman–Crippen MR) is 118 cm³/mol. The molecule has 31 heavy (non-hydrogen) atoms. The lowest BCUT2D eigenvalue weighted by atomic mass is 10.0. The van der Waals surface area contributed by atoms with E-state index in [1.807, 2.05) is 67.6 Å². The lowest BCUT2D eigenvalue weighted by Crippen LogP contribution is -2.54. The second-order valence-corrected chi connectivity index (χ2v) is 7.91. The fraction of sp³-hybridized carbons (Fsp3) is 0.292. The van der Waals surface area contributed by atoms with Gasteiger partial charge in [-0.3, -0.25) is 9.69 Å². The maximum atomic E-state index is 13.4. The first-order chi connectivity index (χ1) is 15.0. The van der Waals surface area contributed by atoms with Gasteiger partial charge >= 0.3 is 0 Å². The maximum absolute atomic E-state index is 13.4. The number of hydrogen-bond acceptors (Lipinski definition) is 5. The Morgan fingerprint density at radius 3 is 2.29 bits per heavy atom. The molecule has 1 saturated heterocycles. The quantitative estimate of drug-likeness (QED) is 0.756. The SMILES string of the molecule is CC1=C(C(=O)N(C(=O)[O-])C2CCNCC2)C=N[N+]1(Cc1ccccc1)c1ccccc1. The van der Waals surface area contributed by atoms with Gasteiger partial charge in [-0.2, -0.15) is 0 Å². The van der Waals surface area contributed by atoms with E-state index in [1.165, 1.54) is 6.21 Å². The number of amides is 2. The number of carbonyl (C=O) groups excluding carboxylic acids is 2. The molecule has 160 valence electrons. The maximum Gasteiger partial charge on any atom is 0.267 e. The third-order valence-electron chi connectivity index (χ3n) is 6.09. The van der Waals surface area contributed by atoms with E-state index in [0.717, 1.165) is 16.2 Å². The molecule has 0 saturated carbocycles. The van der Waals surface area contributed by atoms with Gasteiger partial charge < -0.3 is 15.2 Å². The number of rotatable bonds is 5. The normalized spacial score (nSPS) is 21.3. The van der Waals surface area contributed by atoms with Gasteiger partial charge in [-0.15, -0.1) is 4.59 Å². The minimum absolute atomic E-state index is 0.0963. The molecule has 0 aliphatic carbocycles. The van der Waals surface area contributed by atoms with Gasteiger partial charge in [0.2, 0.25) is 0 Å². The Hall–Kier alpha value is -3.29. The van der Waals surface area contributed by atoms with Gasteiger partial charge in [0, 0.05) is 30.7 Å². The van der Waals surface area contributed by atoms with Crippen LogP contribution in [0.1, 0.15) is 25.3 Å². The zero-order valence-corrected chi connectivity index (χ0v) is 17.5. The van der Waals surface area contributed by atoms with Crippen LogP contribution >= 0.6 is 0 Å². The number of quaternary nitrogens is 1. The molecular formula is C24H26N4O3. The predicted octanol–water partition coefficient (Wildman–Crippen LogP) is 2.39. The molecular weight excluding hydrogens is 392 g/mol. The molecule has 2 aliphatic rings. The number of benzene rings is 2. The van der Waals surface area contributed by atoms with E-state index in [2.05, 4.69) is 5.32 Å². The molecule has 2 aliphatic heterocycles. The molecule has 2 aromatic carbocycles. The molecule has 0 aromatic heterocycles. The number of carboxylic acid groups (broad SMARTS) is 1. The molecule has 7 nitrogen and oxygen atoms in total. The van der Waals surface area contributed by atoms with Gasteiger partial charge in [0.25, 0.3) is 5.91 Å². The van der Waals surface area contributed by atoms with E-state index in [1.54, 1.807) is 0 Å². The lowest BCUT2D eigenvalue weighted by molar-refractivity contribution is -0.266. The van der Waals surface area contributed by atoms with Crippen molar-refractivity contribution in [1.82, 2.24) is 14.8 Å². The molecule has 7 heteroatoms. The smallest absolute Gasteiger partial charge is 0.267 e. The summed E-state index contributed by atoms with van der Waals surface area (Å²) in [5.41, 5.74) is 2.97. The van der Waals surface area contributed by atoms with Crippen molar-refractivity contribution in [3.05, 3.63) is 77.5 Å². The summed E-state index contributed by atoms with van der Waals surface area (Å²) in [7, 11) is 0. The largest absolute Gasteiger partial charge is 0.530 e. The molecule has 0 radical (unpaired) electrons. The molecule has 2 amide bonds. The number of nitrogens with one attached hydrogen (secondary N) is 1. The fourth-order valence-corrected chi connectivity index (χ4v) is 4.37. The van der Waals surface area contributed by atoms with Gasteiger partial charge in [0.05, 0.1) is 0 Å². The van der Waals surface area contributed by atoms with Crippen LogP contribution in [0.25, 0.3) is 0 Å². The van der Waals surface area contributed by atoms with E-state index in [-0.39, 0.29) is 10.6 Å². The van der Waals surface area contributed by atoms with E-state index >= 15 is 0 Å². The number of para-hydroxylation sites is 1. The van der Waals surface area contributed by atoms with Gasteiger partial charge in [-0.05, 0) is 25.9 Å². The molecule has 0 bridgehead atoms. The van der Waals surface area contributed by atoms with Crippen LogP contribution < -0.4 is 15.0 Å². The Labute approximate surface area is 181 Å². The Morgan fingerprint density at radius 1 is 1.06 bits per heavy atom. The Kier molecular flexibility index (Phi) is 5.97. The summed E-state index contributed by atoms with van der Waals surface area (Å²) >= 11 is 0. The van der Waals surface area contributed by atoms with E-state index in [4.69, 9.17) is 5.10 Å². The minimum Gasteiger partial charge on any atom is -0.530 e. The van der Waals surface area contributed by atoms with Crippen molar-refractivity contribution < 1.29 is 14.7 Å². The first-order valence-corrected chi connectivity index (χ1v) is 10.5. The van der Waals surface area contributed by atoms with Crippen LogP contribution in [0.3, 0.4) is 0 Å². The van der Waals surface area contributed by atoms with Crippen LogP contribution in [-0.4, -0.2) is 42.2 Å². The number of carbonyl (C=O) groups is 2. The van der Waals surface area contributed by atoms with Crippen molar-refractivity contribution in [2.75, 3.05) is 13.1 Å². The number of allylic oxidation sites excluding steroid dienone is 1. The average Bonchev–Trinajstić information content (AvgIpc) is 3.12. The number of imide groups is 1. The van der Waals surface area contributed by atoms with Crippen LogP contribution in [0.15, 0.2) is 77.0 Å². The summed E-state index contributed by atoms with van der Waals surface area (Å²) in [6, 6.07) is 19.3. The van der Waals surface area contributed by atoms with Gasteiger partial charge in [0.1, 0.15) is 24.4 Å². The van der Waals surface area contributed by atoms with Gasteiger partial charge in [0.15, 0.2) is 11.4 Å². The van der Waals surface area contributed by atoms with E-state index in [0.29, 0.717) is 43.7 Å². The van der Waals surface area contributed by atoms with Crippen molar-refractivity contribution in [1.29, 1.82) is 0 Å². The highest BCUT2D eigenvalue weighted by atomic mass is 16.4. The summed E-state index contributed by atoms with van der Waals surface area (Å²) in [4.78, 5) is 26.2. The molecule has 4 rings (SSSR count). The van der Waals surface area contributed by atoms with Crippen molar-refractivity contribution in [2.45, 2.75) is 32.4 Å². The molecule has 1 unspecified atom stereocenters. The summed E-state index contributed by atoms with van der Waals surface area (Å²) < 4.78 is 0.0963. The van der Waals surface area contributed by atoms with Crippen molar-refractivity contribution in [3.63, 3.8) is 0 Å². The molecule has 0 spiro atoms. The zero-order valence-electron chi connectivity index (χ0n) is 17.5. The van der Waals surface area contributed by atoms with Crippen molar-refractivity contribution in [3.8, 4) is 0 Å². The molecule has 2 heterocycles. The average molecular weight is 418 g/mol. The standard InChI is InChI=1S/C24H26N4O3/c1-18-22(23(29)27(24(30)31)20-12-14-25-15-13-20)16-26-28(18,21-10-6-3-7-11-21)17-19-8-4-2-5-9-19/h2-11,16,20,25H,12-15,17H2,1H3. The highest BCUT2D eigenvalue weighted by molar-refractivity contribution is 6.17. The molecule has 1 fully saturated rings. The second-order valence-electron chi connectivity index (χ2n) is 7.91. The Balaban J connectivity index is 1.75. The van der Waals surface area contributed by atoms with Crippen LogP contribution in [0.5, 0.6) is 0 Å². The van der Waals surface area contributed by atoms with E-state index < -0.39 is 12.0 Å². The first-order valence-electron chi connectivity index (χ1n) is 10.5. The Morgan fingerprint density at radius 2 is 1.68 bits per heavy atom. The Bertz CT molecular complexity index is 1010. The second kappa shape index (κ2) is 8.83. The van der Waals surface area contributed by atoms with Crippen LogP contribution in [0, 0.1) is 0 Å². The minimum atomic E-state index is -1.46. The lowest BCUT2D eigenvalue weighted by Gasteiger charge is -2.35. The van der Waals surface area contributed by atoms with Gasteiger partial charge in [-0.1, -0.05) is 53.6 Å². The van der Waals surface area contributed by atoms with Crippen LogP contribution in [0.2, 0.25) is 0 Å². The summed E-state index contributed by atoms with van der Waals surface area (Å²) in [5, 5.41) is 19.9. The highest BCUT2D eigenvalue weighted by Gasteiger charge is 2.43. The topological polar surface area (TPSA) is 84.8 Å². The first kappa shape index (κ1) is 21.0. The fourth-order valence-electron chi connectivity index (χ4n) is 4.37. The zero-order chi connectivity index (χ0) is 21.8. The molecule has 1 atom stereocenters. The molecule has 1 N–H and O–H groups in total. The number of nitrogens with zero attached hydrogens (tertiary/aromatic N) is 3. The van der Waals surface area contributed by atoms with Gasteiger partial charge in [-0.25, -0.2) is 0 Å². The van der Waals surface area contributed by atoms with Crippen LogP contribution in [-0.2, 0) is 11.3 Å².